The number of nitrogens with zero attached hydrogens (tertiary/aromatic N) is 4. The lowest BCUT2D eigenvalue weighted by atomic mass is 9.91. The zero-order valence-electron chi connectivity index (χ0n) is 13.4. The minimum atomic E-state index is 0.0788. The first-order valence-electron chi connectivity index (χ1n) is 7.86. The molecular weight excluding hydrogens is 276 g/mol. The molecule has 1 aromatic heterocycles. The van der Waals surface area contributed by atoms with Gasteiger partial charge in [0.05, 0.1) is 23.6 Å². The van der Waals surface area contributed by atoms with E-state index in [1.807, 2.05) is 30.0 Å². The Labute approximate surface area is 130 Å². The van der Waals surface area contributed by atoms with Crippen molar-refractivity contribution >= 4 is 5.91 Å². The monoisotopic (exact) mass is 298 g/mol. The van der Waals surface area contributed by atoms with Gasteiger partial charge >= 0.3 is 0 Å². The summed E-state index contributed by atoms with van der Waals surface area (Å²) >= 11 is 0. The molecular formula is C17H22N4O. The Balaban J connectivity index is 2.00. The summed E-state index contributed by atoms with van der Waals surface area (Å²) in [5.74, 6) is 0.615. The van der Waals surface area contributed by atoms with Crippen LogP contribution in [0.2, 0.25) is 0 Å². The topological polar surface area (TPSA) is 51.0 Å². The summed E-state index contributed by atoms with van der Waals surface area (Å²) in [4.78, 5) is 16.6. The maximum atomic E-state index is 13.1. The molecule has 1 aromatic carbocycles. The van der Waals surface area contributed by atoms with Gasteiger partial charge in [-0.05, 0) is 44.7 Å². The first-order valence-corrected chi connectivity index (χ1v) is 7.86. The van der Waals surface area contributed by atoms with Crippen LogP contribution in [0.1, 0.15) is 42.6 Å². The standard InChI is InChI=1S/C17H22N4O/c1-12-6-7-16(21-18-8-9-19-21)15(11-12)17(22)20-10-4-5-13(2)14(20)3/h6-9,11,13-14H,4-5,10H2,1-3H3. The smallest absolute Gasteiger partial charge is 0.256 e. The Morgan fingerprint density at radius 2 is 1.95 bits per heavy atom. The first kappa shape index (κ1) is 14.8. The number of aryl methyl sites for hydroxylation is 1. The summed E-state index contributed by atoms with van der Waals surface area (Å²) in [5, 5.41) is 8.35. The molecule has 0 aliphatic carbocycles. The van der Waals surface area contributed by atoms with Crippen LogP contribution in [0.25, 0.3) is 5.69 Å². The highest BCUT2D eigenvalue weighted by Gasteiger charge is 2.30. The highest BCUT2D eigenvalue weighted by atomic mass is 16.2. The second-order valence-corrected chi connectivity index (χ2v) is 6.20. The highest BCUT2D eigenvalue weighted by molar-refractivity contribution is 5.98. The fourth-order valence-corrected chi connectivity index (χ4v) is 3.11. The number of piperidine rings is 1. The fraction of sp³-hybridized carbons (Fsp3) is 0.471. The van der Waals surface area contributed by atoms with Crippen LogP contribution < -0.4 is 0 Å². The van der Waals surface area contributed by atoms with E-state index in [9.17, 15) is 4.79 Å². The third-order valence-corrected chi connectivity index (χ3v) is 4.65. The molecule has 0 radical (unpaired) electrons. The molecule has 0 bridgehead atoms. The summed E-state index contributed by atoms with van der Waals surface area (Å²) in [6.45, 7) is 7.18. The van der Waals surface area contributed by atoms with Gasteiger partial charge in [-0.2, -0.15) is 15.0 Å². The predicted octanol–water partition coefficient (Wildman–Crippen LogP) is 2.84. The van der Waals surface area contributed by atoms with Gasteiger partial charge in [-0.25, -0.2) is 0 Å². The van der Waals surface area contributed by atoms with Crippen LogP contribution in [0, 0.1) is 12.8 Å². The minimum absolute atomic E-state index is 0.0788. The van der Waals surface area contributed by atoms with Crippen LogP contribution in [0.15, 0.2) is 30.6 Å². The van der Waals surface area contributed by atoms with Crippen molar-refractivity contribution in [2.24, 2.45) is 5.92 Å². The van der Waals surface area contributed by atoms with Crippen molar-refractivity contribution in [3.05, 3.63) is 41.7 Å². The Kier molecular flexibility index (Phi) is 3.96. The van der Waals surface area contributed by atoms with Crippen LogP contribution in [-0.4, -0.2) is 38.4 Å². The molecule has 1 aliphatic heterocycles. The maximum absolute atomic E-state index is 13.1. The average Bonchev–Trinajstić information content (AvgIpc) is 3.03. The molecule has 5 nitrogen and oxygen atoms in total. The van der Waals surface area contributed by atoms with Crippen LogP contribution in [0.4, 0.5) is 0 Å². The summed E-state index contributed by atoms with van der Waals surface area (Å²) in [7, 11) is 0. The number of hydrogen-bond donors (Lipinski definition) is 0. The van der Waals surface area contributed by atoms with E-state index >= 15 is 0 Å². The molecule has 116 valence electrons. The molecule has 2 heterocycles. The van der Waals surface area contributed by atoms with Gasteiger partial charge in [0.1, 0.15) is 0 Å². The van der Waals surface area contributed by atoms with Crippen molar-refractivity contribution in [2.75, 3.05) is 6.54 Å². The van der Waals surface area contributed by atoms with E-state index in [4.69, 9.17) is 0 Å². The predicted molar refractivity (Wildman–Crippen MR) is 85.0 cm³/mol. The first-order chi connectivity index (χ1) is 10.6. The average molecular weight is 298 g/mol. The summed E-state index contributed by atoms with van der Waals surface area (Å²) < 4.78 is 0. The summed E-state index contributed by atoms with van der Waals surface area (Å²) in [6.07, 6.45) is 5.50. The lowest BCUT2D eigenvalue weighted by molar-refractivity contribution is 0.0550. The molecule has 0 spiro atoms. The summed E-state index contributed by atoms with van der Waals surface area (Å²) in [6, 6.07) is 6.10. The number of benzene rings is 1. The quantitative estimate of drug-likeness (QED) is 0.856. The second-order valence-electron chi connectivity index (χ2n) is 6.20. The van der Waals surface area contributed by atoms with E-state index in [-0.39, 0.29) is 11.9 Å². The van der Waals surface area contributed by atoms with Crippen molar-refractivity contribution in [2.45, 2.75) is 39.7 Å². The molecule has 2 aromatic rings. The lowest BCUT2D eigenvalue weighted by Gasteiger charge is -2.38. The van der Waals surface area contributed by atoms with Gasteiger partial charge in [0.15, 0.2) is 0 Å². The zero-order valence-corrected chi connectivity index (χ0v) is 13.4. The molecule has 3 rings (SSSR count). The number of hydrogen-bond acceptors (Lipinski definition) is 3. The van der Waals surface area contributed by atoms with E-state index < -0.39 is 0 Å². The van der Waals surface area contributed by atoms with Gasteiger partial charge in [0.2, 0.25) is 0 Å². The van der Waals surface area contributed by atoms with Crippen molar-refractivity contribution in [1.82, 2.24) is 19.9 Å². The van der Waals surface area contributed by atoms with E-state index in [1.165, 1.54) is 11.2 Å². The molecule has 1 saturated heterocycles. The Morgan fingerprint density at radius 3 is 2.68 bits per heavy atom. The van der Waals surface area contributed by atoms with Crippen molar-refractivity contribution in [1.29, 1.82) is 0 Å². The van der Waals surface area contributed by atoms with E-state index in [0.29, 0.717) is 11.5 Å². The molecule has 1 fully saturated rings. The summed E-state index contributed by atoms with van der Waals surface area (Å²) in [5.41, 5.74) is 2.49. The molecule has 1 aliphatic rings. The fourth-order valence-electron chi connectivity index (χ4n) is 3.11. The number of rotatable bonds is 2. The Bertz CT molecular complexity index is 665. The second kappa shape index (κ2) is 5.91. The van der Waals surface area contributed by atoms with Crippen LogP contribution in [0.3, 0.4) is 0 Å². The SMILES string of the molecule is Cc1ccc(-n2nccn2)c(C(=O)N2CCCC(C)C2C)c1. The molecule has 0 N–H and O–H groups in total. The molecule has 0 saturated carbocycles. The minimum Gasteiger partial charge on any atom is -0.336 e. The molecule has 22 heavy (non-hydrogen) atoms. The van der Waals surface area contributed by atoms with Gasteiger partial charge < -0.3 is 4.90 Å². The third kappa shape index (κ3) is 2.63. The van der Waals surface area contributed by atoms with Crippen LogP contribution in [0.5, 0.6) is 0 Å². The number of aromatic nitrogens is 3. The molecule has 2 atom stereocenters. The molecule has 1 amide bonds. The van der Waals surface area contributed by atoms with Gasteiger partial charge in [0.25, 0.3) is 5.91 Å². The van der Waals surface area contributed by atoms with Gasteiger partial charge in [0, 0.05) is 12.6 Å². The van der Waals surface area contributed by atoms with Gasteiger partial charge in [-0.3, -0.25) is 4.79 Å². The lowest BCUT2D eigenvalue weighted by Crippen LogP contribution is -2.46. The van der Waals surface area contributed by atoms with Crippen molar-refractivity contribution in [3.63, 3.8) is 0 Å². The van der Waals surface area contributed by atoms with E-state index in [0.717, 1.165) is 24.2 Å². The normalized spacial score (nSPS) is 21.9. The Hall–Kier alpha value is -2.17. The zero-order chi connectivity index (χ0) is 15.7. The van der Waals surface area contributed by atoms with E-state index in [2.05, 4.69) is 24.0 Å². The third-order valence-electron chi connectivity index (χ3n) is 4.65. The number of likely N-dealkylation sites (tertiary alicyclic amines) is 1. The highest BCUT2D eigenvalue weighted by Crippen LogP contribution is 2.26. The number of carbonyl (C=O) groups is 1. The van der Waals surface area contributed by atoms with Crippen molar-refractivity contribution in [3.8, 4) is 5.69 Å². The largest absolute Gasteiger partial charge is 0.336 e. The van der Waals surface area contributed by atoms with Gasteiger partial charge in [-0.1, -0.05) is 18.6 Å². The number of amides is 1. The number of carbonyl (C=O) groups excluding carboxylic acids is 1. The Morgan fingerprint density at radius 1 is 1.23 bits per heavy atom. The van der Waals surface area contributed by atoms with Gasteiger partial charge in [-0.15, -0.1) is 0 Å². The molecule has 2 unspecified atom stereocenters. The van der Waals surface area contributed by atoms with E-state index in [1.54, 1.807) is 12.4 Å². The van der Waals surface area contributed by atoms with Crippen molar-refractivity contribution < 1.29 is 4.79 Å². The van der Waals surface area contributed by atoms with Crippen LogP contribution >= 0.6 is 0 Å². The maximum Gasteiger partial charge on any atom is 0.256 e. The van der Waals surface area contributed by atoms with Crippen LogP contribution in [-0.2, 0) is 0 Å². The molecule has 5 heteroatoms.